The molecule has 0 saturated heterocycles. The number of nitrogens with zero attached hydrogens (tertiary/aromatic N) is 5. The van der Waals surface area contributed by atoms with Crippen molar-refractivity contribution in [1.82, 2.24) is 30.0 Å². The summed E-state index contributed by atoms with van der Waals surface area (Å²) in [5.41, 5.74) is 0.0520. The molecule has 3 rings (SSSR count). The summed E-state index contributed by atoms with van der Waals surface area (Å²) >= 11 is 3.24. The van der Waals surface area contributed by atoms with Gasteiger partial charge in [-0.3, -0.25) is 13.8 Å². The Morgan fingerprint density at radius 1 is 1.10 bits per heavy atom. The lowest BCUT2D eigenvalue weighted by Crippen LogP contribution is -2.37. The van der Waals surface area contributed by atoms with Crippen LogP contribution in [0.15, 0.2) is 28.9 Å². The van der Waals surface area contributed by atoms with Crippen molar-refractivity contribution >= 4 is 44.2 Å². The molecule has 1 aromatic carbocycles. The fourth-order valence-corrected chi connectivity index (χ4v) is 4.79. The van der Waals surface area contributed by atoms with E-state index in [0.29, 0.717) is 4.47 Å². The summed E-state index contributed by atoms with van der Waals surface area (Å²) in [7, 11) is -1.18. The SMILES string of the molecule is Cc1nc(Cn2nc(C(F)(F)F)nc2C(F)(F)F)ncc1NC(=O)c1cccc(Br)c1C(=O)N[C@@H](C)CS(C)=O. The second kappa shape index (κ2) is 12.0. The van der Waals surface area contributed by atoms with Crippen LogP contribution in [0.1, 0.15) is 50.8 Å². The van der Waals surface area contributed by atoms with E-state index in [9.17, 15) is 40.1 Å². The molecule has 2 atom stereocenters. The molecule has 0 bridgehead atoms. The van der Waals surface area contributed by atoms with Gasteiger partial charge in [0.25, 0.3) is 17.6 Å². The van der Waals surface area contributed by atoms with Crippen molar-refractivity contribution < 1.29 is 40.1 Å². The number of alkyl halides is 6. The minimum absolute atomic E-state index is 0.00265. The van der Waals surface area contributed by atoms with E-state index in [2.05, 4.69) is 46.6 Å². The van der Waals surface area contributed by atoms with E-state index in [4.69, 9.17) is 0 Å². The second-order valence-corrected chi connectivity index (χ2v) is 10.8. The predicted octanol–water partition coefficient (Wildman–Crippen LogP) is 3.97. The number of aryl methyl sites for hydroxylation is 1. The van der Waals surface area contributed by atoms with Gasteiger partial charge in [0.1, 0.15) is 12.4 Å². The molecule has 2 heterocycles. The Kier molecular flexibility index (Phi) is 9.33. The number of carbonyl (C=O) groups is 2. The van der Waals surface area contributed by atoms with Crippen molar-refractivity contribution in [3.8, 4) is 0 Å². The first-order valence-electron chi connectivity index (χ1n) is 11.1. The van der Waals surface area contributed by atoms with Crippen molar-refractivity contribution in [2.45, 2.75) is 38.8 Å². The van der Waals surface area contributed by atoms with E-state index < -0.39 is 59.2 Å². The molecule has 216 valence electrons. The number of amides is 2. The molecule has 10 nitrogen and oxygen atoms in total. The number of hydrogen-bond donors (Lipinski definition) is 2. The van der Waals surface area contributed by atoms with Crippen LogP contribution in [0.4, 0.5) is 32.0 Å². The maximum absolute atomic E-state index is 13.2. The average molecular weight is 656 g/mol. The third-order valence-corrected chi connectivity index (χ3v) is 6.73. The fraction of sp³-hybridized carbons (Fsp3) is 0.364. The van der Waals surface area contributed by atoms with Gasteiger partial charge in [0.15, 0.2) is 0 Å². The van der Waals surface area contributed by atoms with Crippen LogP contribution in [0.2, 0.25) is 0 Å². The number of hydrogen-bond acceptors (Lipinski definition) is 7. The largest absolute Gasteiger partial charge is 0.453 e. The summed E-state index contributed by atoms with van der Waals surface area (Å²) in [5.74, 6) is -5.33. The van der Waals surface area contributed by atoms with Gasteiger partial charge in [-0.2, -0.15) is 31.3 Å². The Labute approximate surface area is 233 Å². The molecule has 0 radical (unpaired) electrons. The van der Waals surface area contributed by atoms with Crippen LogP contribution in [0.3, 0.4) is 0 Å². The van der Waals surface area contributed by atoms with Gasteiger partial charge in [0, 0.05) is 33.3 Å². The highest BCUT2D eigenvalue weighted by Crippen LogP contribution is 2.32. The third kappa shape index (κ3) is 7.61. The van der Waals surface area contributed by atoms with E-state index >= 15 is 0 Å². The second-order valence-electron chi connectivity index (χ2n) is 8.43. The van der Waals surface area contributed by atoms with Crippen LogP contribution in [0.25, 0.3) is 0 Å². The highest BCUT2D eigenvalue weighted by atomic mass is 79.9. The molecular formula is C22H20BrF6N7O3S. The molecule has 0 aliphatic carbocycles. The summed E-state index contributed by atoms with van der Waals surface area (Å²) in [6, 6.07) is 3.97. The summed E-state index contributed by atoms with van der Waals surface area (Å²) in [6.45, 7) is 2.15. The van der Waals surface area contributed by atoms with Gasteiger partial charge >= 0.3 is 12.4 Å². The Morgan fingerprint density at radius 3 is 2.35 bits per heavy atom. The van der Waals surface area contributed by atoms with Crippen molar-refractivity contribution in [2.75, 3.05) is 17.3 Å². The van der Waals surface area contributed by atoms with Gasteiger partial charge in [-0.25, -0.2) is 14.6 Å². The lowest BCUT2D eigenvalue weighted by Gasteiger charge is -2.16. The highest BCUT2D eigenvalue weighted by molar-refractivity contribution is 9.10. The zero-order valence-corrected chi connectivity index (χ0v) is 23.2. The Balaban J connectivity index is 1.84. The van der Waals surface area contributed by atoms with Crippen molar-refractivity contribution in [1.29, 1.82) is 0 Å². The van der Waals surface area contributed by atoms with E-state index in [0.717, 1.165) is 6.20 Å². The molecule has 0 spiro atoms. The number of halogens is 7. The molecule has 40 heavy (non-hydrogen) atoms. The first kappa shape index (κ1) is 31.1. The molecular weight excluding hydrogens is 636 g/mol. The maximum Gasteiger partial charge on any atom is 0.453 e. The van der Waals surface area contributed by atoms with Crippen LogP contribution < -0.4 is 10.6 Å². The van der Waals surface area contributed by atoms with Crippen molar-refractivity contribution in [3.63, 3.8) is 0 Å². The monoisotopic (exact) mass is 655 g/mol. The molecule has 0 aliphatic rings. The average Bonchev–Trinajstić information content (AvgIpc) is 3.25. The number of nitrogens with one attached hydrogen (secondary N) is 2. The number of anilines is 1. The van der Waals surface area contributed by atoms with Crippen molar-refractivity contribution in [2.24, 2.45) is 0 Å². The molecule has 0 aliphatic heterocycles. The zero-order chi connectivity index (χ0) is 30.0. The van der Waals surface area contributed by atoms with Gasteiger partial charge in [0.05, 0.1) is 28.7 Å². The Bertz CT molecular complexity index is 1460. The normalized spacial score (nSPS) is 13.6. The smallest absolute Gasteiger partial charge is 0.349 e. The molecule has 1 unspecified atom stereocenters. The molecule has 2 amide bonds. The number of aromatic nitrogens is 5. The van der Waals surface area contributed by atoms with Crippen LogP contribution >= 0.6 is 15.9 Å². The standard InChI is InChI=1S/C22H20BrF6N7O3S/c1-10(9-40(3)39)31-18(38)16-12(5-4-6-13(16)23)17(37)33-14-7-30-15(32-11(14)2)8-36-20(22(27,28)29)34-19(35-36)21(24,25)26/h4-7,10H,8-9H2,1-3H3,(H,31,38)(H,33,37)/t10-,40?/m0/s1. The van der Waals surface area contributed by atoms with Crippen LogP contribution in [0, 0.1) is 6.92 Å². The topological polar surface area (TPSA) is 132 Å². The quantitative estimate of drug-likeness (QED) is 0.351. The Morgan fingerprint density at radius 2 is 1.77 bits per heavy atom. The van der Waals surface area contributed by atoms with E-state index in [1.54, 1.807) is 13.0 Å². The minimum atomic E-state index is -5.22. The maximum atomic E-state index is 13.2. The predicted molar refractivity (Wildman–Crippen MR) is 134 cm³/mol. The zero-order valence-electron chi connectivity index (χ0n) is 20.8. The number of rotatable bonds is 8. The summed E-state index contributed by atoms with van der Waals surface area (Å²) in [6.07, 6.45) is -7.89. The molecule has 2 aromatic heterocycles. The summed E-state index contributed by atoms with van der Waals surface area (Å²) in [4.78, 5) is 36.3. The summed E-state index contributed by atoms with van der Waals surface area (Å²) < 4.78 is 90.1. The van der Waals surface area contributed by atoms with Gasteiger partial charge in [-0.15, -0.1) is 5.10 Å². The van der Waals surface area contributed by atoms with Gasteiger partial charge < -0.3 is 10.6 Å². The lowest BCUT2D eigenvalue weighted by atomic mass is 10.1. The first-order valence-corrected chi connectivity index (χ1v) is 13.6. The van der Waals surface area contributed by atoms with Crippen LogP contribution in [-0.2, 0) is 29.7 Å². The van der Waals surface area contributed by atoms with E-state index in [1.165, 1.54) is 25.3 Å². The van der Waals surface area contributed by atoms with Crippen LogP contribution in [-0.4, -0.2) is 58.8 Å². The molecule has 0 fully saturated rings. The van der Waals surface area contributed by atoms with Gasteiger partial charge in [-0.05, 0) is 41.9 Å². The van der Waals surface area contributed by atoms with Gasteiger partial charge in [0.2, 0.25) is 5.82 Å². The first-order chi connectivity index (χ1) is 18.5. The van der Waals surface area contributed by atoms with Crippen LogP contribution in [0.5, 0.6) is 0 Å². The fourth-order valence-electron chi connectivity index (χ4n) is 3.45. The number of benzene rings is 1. The molecule has 2 N–H and O–H groups in total. The molecule has 0 saturated carbocycles. The van der Waals surface area contributed by atoms with Gasteiger partial charge in [-0.1, -0.05) is 6.07 Å². The molecule has 18 heteroatoms. The Hall–Kier alpha value is -3.41. The van der Waals surface area contributed by atoms with Crippen molar-refractivity contribution in [3.05, 3.63) is 63.2 Å². The van der Waals surface area contributed by atoms with E-state index in [1.807, 2.05) is 0 Å². The molecule has 3 aromatic rings. The summed E-state index contributed by atoms with van der Waals surface area (Å²) in [5, 5.41) is 8.08. The highest BCUT2D eigenvalue weighted by Gasteiger charge is 2.44. The van der Waals surface area contributed by atoms with E-state index in [-0.39, 0.29) is 38.8 Å². The number of carbonyl (C=O) groups excluding carboxylic acids is 2. The lowest BCUT2D eigenvalue weighted by molar-refractivity contribution is -0.150. The third-order valence-electron chi connectivity index (χ3n) is 5.09. The minimum Gasteiger partial charge on any atom is -0.349 e.